The van der Waals surface area contributed by atoms with Gasteiger partial charge in [-0.25, -0.2) is 0 Å². The Kier molecular flexibility index (Phi) is 4.16. The highest BCUT2D eigenvalue weighted by Crippen LogP contribution is 2.18. The van der Waals surface area contributed by atoms with E-state index in [4.69, 9.17) is 9.47 Å². The molecule has 2 atom stereocenters. The summed E-state index contributed by atoms with van der Waals surface area (Å²) < 4.78 is 11.0. The molecular formula is C10H21NO2. The van der Waals surface area contributed by atoms with E-state index >= 15 is 0 Å². The second kappa shape index (κ2) is 4.94. The molecule has 0 aromatic rings. The summed E-state index contributed by atoms with van der Waals surface area (Å²) in [6.45, 7) is 7.08. The van der Waals surface area contributed by atoms with Crippen LogP contribution < -0.4 is 0 Å². The van der Waals surface area contributed by atoms with E-state index in [1.54, 1.807) is 7.11 Å². The lowest BCUT2D eigenvalue weighted by Gasteiger charge is -2.18. The molecule has 1 aliphatic heterocycles. The fourth-order valence-corrected chi connectivity index (χ4v) is 1.79. The van der Waals surface area contributed by atoms with Crippen molar-refractivity contribution in [3.05, 3.63) is 0 Å². The predicted molar refractivity (Wildman–Crippen MR) is 52.9 cm³/mol. The molecule has 0 aliphatic carbocycles. The third-order valence-corrected chi connectivity index (χ3v) is 2.51. The van der Waals surface area contributed by atoms with Gasteiger partial charge in [0.05, 0.1) is 18.8 Å². The summed E-state index contributed by atoms with van der Waals surface area (Å²) in [5.41, 5.74) is 0. The van der Waals surface area contributed by atoms with Gasteiger partial charge in [-0.2, -0.15) is 0 Å². The van der Waals surface area contributed by atoms with Crippen molar-refractivity contribution in [3.8, 4) is 0 Å². The van der Waals surface area contributed by atoms with E-state index in [-0.39, 0.29) is 0 Å². The first kappa shape index (κ1) is 11.0. The SMILES string of the molecule is CO[C@H]1CN(C)C[C@@H]1COC(C)C. The maximum Gasteiger partial charge on any atom is 0.0760 e. The molecule has 0 N–H and O–H groups in total. The van der Waals surface area contributed by atoms with Crippen molar-refractivity contribution in [2.45, 2.75) is 26.1 Å². The molecular weight excluding hydrogens is 166 g/mol. The Hall–Kier alpha value is -0.120. The molecule has 0 saturated carbocycles. The lowest BCUT2D eigenvalue weighted by Crippen LogP contribution is -2.26. The number of hydrogen-bond donors (Lipinski definition) is 0. The van der Waals surface area contributed by atoms with Crippen molar-refractivity contribution in [1.29, 1.82) is 0 Å². The third-order valence-electron chi connectivity index (χ3n) is 2.51. The first-order chi connectivity index (χ1) is 6.13. The Bertz CT molecular complexity index is 150. The van der Waals surface area contributed by atoms with E-state index in [1.807, 2.05) is 0 Å². The van der Waals surface area contributed by atoms with E-state index in [0.29, 0.717) is 18.1 Å². The molecule has 1 saturated heterocycles. The Morgan fingerprint density at radius 1 is 1.38 bits per heavy atom. The Balaban J connectivity index is 2.31. The highest BCUT2D eigenvalue weighted by atomic mass is 16.5. The van der Waals surface area contributed by atoms with Crippen molar-refractivity contribution >= 4 is 0 Å². The first-order valence-electron chi connectivity index (χ1n) is 4.96. The maximum atomic E-state index is 5.60. The number of methoxy groups -OCH3 is 1. The summed E-state index contributed by atoms with van der Waals surface area (Å²) >= 11 is 0. The quantitative estimate of drug-likeness (QED) is 0.655. The minimum Gasteiger partial charge on any atom is -0.380 e. The zero-order valence-electron chi connectivity index (χ0n) is 9.12. The zero-order chi connectivity index (χ0) is 9.84. The molecule has 1 rings (SSSR count). The van der Waals surface area contributed by atoms with Crippen molar-refractivity contribution in [2.24, 2.45) is 5.92 Å². The molecule has 0 aromatic carbocycles. The van der Waals surface area contributed by atoms with E-state index in [0.717, 1.165) is 19.7 Å². The summed E-state index contributed by atoms with van der Waals surface area (Å²) in [6.07, 6.45) is 0.673. The summed E-state index contributed by atoms with van der Waals surface area (Å²) in [7, 11) is 3.91. The van der Waals surface area contributed by atoms with Crippen molar-refractivity contribution in [2.75, 3.05) is 33.9 Å². The molecule has 0 bridgehead atoms. The number of hydrogen-bond acceptors (Lipinski definition) is 3. The third kappa shape index (κ3) is 3.25. The summed E-state index contributed by atoms with van der Waals surface area (Å²) in [5, 5.41) is 0. The van der Waals surface area contributed by atoms with Crippen LogP contribution in [0.2, 0.25) is 0 Å². The minimum atomic E-state index is 0.323. The summed E-state index contributed by atoms with van der Waals surface area (Å²) in [6, 6.07) is 0. The van der Waals surface area contributed by atoms with Crippen molar-refractivity contribution < 1.29 is 9.47 Å². The number of rotatable bonds is 4. The molecule has 1 fully saturated rings. The van der Waals surface area contributed by atoms with Gasteiger partial charge < -0.3 is 14.4 Å². The topological polar surface area (TPSA) is 21.7 Å². The average Bonchev–Trinajstić information content (AvgIpc) is 2.42. The molecule has 13 heavy (non-hydrogen) atoms. The highest BCUT2D eigenvalue weighted by Gasteiger charge is 2.30. The lowest BCUT2D eigenvalue weighted by atomic mass is 10.1. The van der Waals surface area contributed by atoms with Gasteiger partial charge in [0.25, 0.3) is 0 Å². The second-order valence-electron chi connectivity index (χ2n) is 4.14. The smallest absolute Gasteiger partial charge is 0.0760 e. The zero-order valence-corrected chi connectivity index (χ0v) is 9.12. The van der Waals surface area contributed by atoms with Crippen LogP contribution in [0, 0.1) is 5.92 Å². The predicted octanol–water partition coefficient (Wildman–Crippen LogP) is 0.988. The lowest BCUT2D eigenvalue weighted by molar-refractivity contribution is 0.00520. The van der Waals surface area contributed by atoms with Gasteiger partial charge in [0, 0.05) is 26.1 Å². The van der Waals surface area contributed by atoms with Crippen molar-refractivity contribution in [1.82, 2.24) is 4.90 Å². The van der Waals surface area contributed by atoms with Crippen LogP contribution in [0.15, 0.2) is 0 Å². The molecule has 3 heteroatoms. The van der Waals surface area contributed by atoms with Crippen LogP contribution >= 0.6 is 0 Å². The maximum absolute atomic E-state index is 5.60. The van der Waals surface area contributed by atoms with Gasteiger partial charge in [0.15, 0.2) is 0 Å². The van der Waals surface area contributed by atoms with Gasteiger partial charge in [-0.3, -0.25) is 0 Å². The first-order valence-corrected chi connectivity index (χ1v) is 4.96. The van der Waals surface area contributed by atoms with Crippen LogP contribution in [-0.4, -0.2) is 51.0 Å². The van der Waals surface area contributed by atoms with E-state index in [1.165, 1.54) is 0 Å². The van der Waals surface area contributed by atoms with E-state index in [9.17, 15) is 0 Å². The molecule has 0 unspecified atom stereocenters. The Morgan fingerprint density at radius 3 is 2.62 bits per heavy atom. The summed E-state index contributed by atoms with van der Waals surface area (Å²) in [5.74, 6) is 0.539. The summed E-state index contributed by atoms with van der Waals surface area (Å²) in [4.78, 5) is 2.29. The number of likely N-dealkylation sites (N-methyl/N-ethyl adjacent to an activating group) is 1. The normalized spacial score (nSPS) is 30.2. The van der Waals surface area contributed by atoms with Gasteiger partial charge >= 0.3 is 0 Å². The van der Waals surface area contributed by atoms with Gasteiger partial charge in [-0.05, 0) is 20.9 Å². The Morgan fingerprint density at radius 2 is 2.08 bits per heavy atom. The fraction of sp³-hybridized carbons (Fsp3) is 1.00. The number of ether oxygens (including phenoxy) is 2. The van der Waals surface area contributed by atoms with Gasteiger partial charge in [-0.1, -0.05) is 0 Å². The largest absolute Gasteiger partial charge is 0.380 e. The monoisotopic (exact) mass is 187 g/mol. The molecule has 78 valence electrons. The van der Waals surface area contributed by atoms with Crippen LogP contribution in [0.3, 0.4) is 0 Å². The fourth-order valence-electron chi connectivity index (χ4n) is 1.79. The van der Waals surface area contributed by atoms with Crippen LogP contribution in [0.25, 0.3) is 0 Å². The standard InChI is InChI=1S/C10H21NO2/c1-8(2)13-7-9-5-11(3)6-10(9)12-4/h8-10H,5-7H2,1-4H3/t9-,10+/m1/s1. The van der Waals surface area contributed by atoms with Gasteiger partial charge in [-0.15, -0.1) is 0 Å². The highest BCUT2D eigenvalue weighted by molar-refractivity contribution is 4.82. The van der Waals surface area contributed by atoms with Crippen LogP contribution in [0.5, 0.6) is 0 Å². The van der Waals surface area contributed by atoms with Crippen LogP contribution in [0.1, 0.15) is 13.8 Å². The van der Waals surface area contributed by atoms with E-state index < -0.39 is 0 Å². The molecule has 0 amide bonds. The van der Waals surface area contributed by atoms with Gasteiger partial charge in [0.2, 0.25) is 0 Å². The molecule has 0 radical (unpaired) electrons. The molecule has 3 nitrogen and oxygen atoms in total. The Labute approximate surface area is 81.0 Å². The number of nitrogens with zero attached hydrogens (tertiary/aromatic N) is 1. The molecule has 0 spiro atoms. The van der Waals surface area contributed by atoms with E-state index in [2.05, 4.69) is 25.8 Å². The van der Waals surface area contributed by atoms with Gasteiger partial charge in [0.1, 0.15) is 0 Å². The molecule has 1 heterocycles. The van der Waals surface area contributed by atoms with Crippen LogP contribution in [-0.2, 0) is 9.47 Å². The van der Waals surface area contributed by atoms with Crippen LogP contribution in [0.4, 0.5) is 0 Å². The molecule has 1 aliphatic rings. The minimum absolute atomic E-state index is 0.323. The van der Waals surface area contributed by atoms with Crippen molar-refractivity contribution in [3.63, 3.8) is 0 Å². The molecule has 0 aromatic heterocycles. The average molecular weight is 187 g/mol. The number of likely N-dealkylation sites (tertiary alicyclic amines) is 1. The second-order valence-corrected chi connectivity index (χ2v) is 4.14.